The first-order valence-corrected chi connectivity index (χ1v) is 13.3. The summed E-state index contributed by atoms with van der Waals surface area (Å²) in [4.78, 5) is 34.9. The van der Waals surface area contributed by atoms with Crippen LogP contribution in [0, 0.1) is 0 Å². The van der Waals surface area contributed by atoms with Crippen molar-refractivity contribution >= 4 is 55.1 Å². The van der Waals surface area contributed by atoms with Crippen molar-refractivity contribution in [1.82, 2.24) is 30.4 Å². The van der Waals surface area contributed by atoms with Crippen molar-refractivity contribution in [3.05, 3.63) is 42.4 Å². The number of hydroxylamine groups is 1. The van der Waals surface area contributed by atoms with E-state index in [4.69, 9.17) is 14.9 Å². The summed E-state index contributed by atoms with van der Waals surface area (Å²) in [6, 6.07) is 5.12. The van der Waals surface area contributed by atoms with E-state index in [0.29, 0.717) is 59.5 Å². The monoisotopic (exact) mass is 543 g/mol. The molecule has 1 aliphatic heterocycles. The Morgan fingerprint density at radius 1 is 1.11 bits per heavy atom. The number of nitrogens with zero attached hydrogens (tertiary/aromatic N) is 6. The van der Waals surface area contributed by atoms with Crippen molar-refractivity contribution in [2.24, 2.45) is 0 Å². The van der Waals surface area contributed by atoms with Crippen LogP contribution in [0.15, 0.2) is 41.0 Å². The van der Waals surface area contributed by atoms with Gasteiger partial charge in [-0.1, -0.05) is 0 Å². The van der Waals surface area contributed by atoms with E-state index in [1.54, 1.807) is 19.3 Å². The van der Waals surface area contributed by atoms with Gasteiger partial charge in [0.2, 0.25) is 5.95 Å². The number of hydrogen-bond acceptors (Lipinski definition) is 13. The standard InChI is InChI=1S/C21H21N9O5S2/c1-22-15-3-2-12(9-23-15)18-26-14-8-16(36-17(14)19(27-18)30-4-6-35-7-5-30)37(33,34)29-21-24-10-13(11-25-21)20(31)28-32/h2-3,8-11,32H,4-7H2,1H3,(H,22,23)(H,28,31)(H,24,25,29). The maximum Gasteiger partial charge on any atom is 0.277 e. The normalized spacial score (nSPS) is 13.9. The minimum atomic E-state index is -4.09. The average molecular weight is 544 g/mol. The summed E-state index contributed by atoms with van der Waals surface area (Å²) in [5, 5.41) is 11.7. The third-order valence-electron chi connectivity index (χ3n) is 5.43. The molecule has 0 spiro atoms. The molecule has 0 aromatic carbocycles. The van der Waals surface area contributed by atoms with Crippen molar-refractivity contribution in [3.63, 3.8) is 0 Å². The highest BCUT2D eigenvalue weighted by atomic mass is 32.2. The lowest BCUT2D eigenvalue weighted by molar-refractivity contribution is 0.0705. The Kier molecular flexibility index (Phi) is 6.79. The largest absolute Gasteiger partial charge is 0.378 e. The number of carbonyl (C=O) groups is 1. The van der Waals surface area contributed by atoms with E-state index in [-0.39, 0.29) is 15.7 Å². The van der Waals surface area contributed by atoms with Gasteiger partial charge in [0.05, 0.1) is 29.0 Å². The molecule has 0 radical (unpaired) electrons. The number of nitrogens with one attached hydrogen (secondary N) is 3. The molecule has 1 fully saturated rings. The molecule has 16 heteroatoms. The quantitative estimate of drug-likeness (QED) is 0.194. The molecule has 0 saturated carbocycles. The zero-order valence-corrected chi connectivity index (χ0v) is 21.0. The number of pyridine rings is 1. The Morgan fingerprint density at radius 2 is 1.86 bits per heavy atom. The minimum absolute atomic E-state index is 0.00658. The SMILES string of the molecule is CNc1ccc(-c2nc(N3CCOCC3)c3sc(S(=O)(=O)Nc4ncc(C(=O)NO)cn4)cc3n2)cn1. The number of morpholine rings is 1. The average Bonchev–Trinajstić information content (AvgIpc) is 3.38. The van der Waals surface area contributed by atoms with Crippen molar-refractivity contribution < 1.29 is 23.2 Å². The predicted molar refractivity (Wildman–Crippen MR) is 135 cm³/mol. The molecule has 5 heterocycles. The highest BCUT2D eigenvalue weighted by molar-refractivity contribution is 7.94. The van der Waals surface area contributed by atoms with Crippen LogP contribution in [0.5, 0.6) is 0 Å². The van der Waals surface area contributed by atoms with Gasteiger partial charge in [0.1, 0.15) is 10.0 Å². The van der Waals surface area contributed by atoms with Crippen molar-refractivity contribution in [2.45, 2.75) is 4.21 Å². The fraction of sp³-hybridized carbons (Fsp3) is 0.238. The van der Waals surface area contributed by atoms with Gasteiger partial charge in [0.25, 0.3) is 15.9 Å². The summed E-state index contributed by atoms with van der Waals surface area (Å²) in [5.74, 6) is 0.672. The second-order valence-corrected chi connectivity index (χ2v) is 10.7. The van der Waals surface area contributed by atoms with Gasteiger partial charge in [-0.3, -0.25) is 10.0 Å². The van der Waals surface area contributed by atoms with Crippen LogP contribution in [-0.2, 0) is 14.8 Å². The lowest BCUT2D eigenvalue weighted by Crippen LogP contribution is -2.36. The molecular formula is C21H21N9O5S2. The number of sulfonamides is 1. The van der Waals surface area contributed by atoms with Crippen LogP contribution in [0.25, 0.3) is 21.6 Å². The van der Waals surface area contributed by atoms with Crippen LogP contribution in [0.1, 0.15) is 10.4 Å². The number of ether oxygens (including phenoxy) is 1. The second kappa shape index (κ2) is 10.2. The van der Waals surface area contributed by atoms with Crippen LogP contribution in [0.4, 0.5) is 17.6 Å². The summed E-state index contributed by atoms with van der Waals surface area (Å²) in [6.07, 6.45) is 3.83. The third kappa shape index (κ3) is 5.12. The van der Waals surface area contributed by atoms with Gasteiger partial charge in [0, 0.05) is 44.3 Å². The molecular weight excluding hydrogens is 522 g/mol. The predicted octanol–water partition coefficient (Wildman–Crippen LogP) is 1.34. The molecule has 0 aliphatic carbocycles. The number of fused-ring (bicyclic) bond motifs is 1. The molecule has 1 aliphatic rings. The van der Waals surface area contributed by atoms with Gasteiger partial charge in [-0.2, -0.15) is 0 Å². The van der Waals surface area contributed by atoms with Gasteiger partial charge in [0.15, 0.2) is 11.6 Å². The van der Waals surface area contributed by atoms with E-state index < -0.39 is 15.9 Å². The van der Waals surface area contributed by atoms with E-state index in [0.717, 1.165) is 23.7 Å². The number of hydrogen-bond donors (Lipinski definition) is 4. The van der Waals surface area contributed by atoms with Gasteiger partial charge in [-0.25, -0.2) is 43.5 Å². The van der Waals surface area contributed by atoms with E-state index in [1.807, 2.05) is 11.0 Å². The molecule has 14 nitrogen and oxygen atoms in total. The summed E-state index contributed by atoms with van der Waals surface area (Å²) >= 11 is 1.03. The number of thiophene rings is 1. The summed E-state index contributed by atoms with van der Waals surface area (Å²) < 4.78 is 34.7. The zero-order valence-electron chi connectivity index (χ0n) is 19.4. The first kappa shape index (κ1) is 24.7. The Bertz CT molecular complexity index is 1540. The lowest BCUT2D eigenvalue weighted by Gasteiger charge is -2.28. The van der Waals surface area contributed by atoms with Gasteiger partial charge >= 0.3 is 0 Å². The maximum atomic E-state index is 13.2. The molecule has 1 saturated heterocycles. The fourth-order valence-corrected chi connectivity index (χ4v) is 5.92. The molecule has 0 unspecified atom stereocenters. The van der Waals surface area contributed by atoms with Gasteiger partial charge in [-0.05, 0) is 18.2 Å². The number of aromatic nitrogens is 5. The van der Waals surface area contributed by atoms with Gasteiger partial charge < -0.3 is 15.0 Å². The second-order valence-electron chi connectivity index (χ2n) is 7.77. The topological polar surface area (TPSA) is 184 Å². The van der Waals surface area contributed by atoms with Crippen LogP contribution in [-0.4, -0.2) is 77.8 Å². The Hall–Kier alpha value is -3.99. The molecule has 37 heavy (non-hydrogen) atoms. The van der Waals surface area contributed by atoms with Crippen molar-refractivity contribution in [1.29, 1.82) is 0 Å². The summed E-state index contributed by atoms with van der Waals surface area (Å²) in [5.41, 5.74) is 2.57. The molecule has 4 aromatic rings. The molecule has 1 amide bonds. The Balaban J connectivity index is 1.53. The summed E-state index contributed by atoms with van der Waals surface area (Å²) in [7, 11) is -2.31. The highest BCUT2D eigenvalue weighted by Crippen LogP contribution is 2.36. The van der Waals surface area contributed by atoms with Crippen molar-refractivity contribution in [3.8, 4) is 11.4 Å². The first-order chi connectivity index (χ1) is 17.9. The van der Waals surface area contributed by atoms with Crippen LogP contribution < -0.4 is 20.4 Å². The maximum absolute atomic E-state index is 13.2. The number of amides is 1. The van der Waals surface area contributed by atoms with E-state index in [9.17, 15) is 13.2 Å². The molecule has 192 valence electrons. The minimum Gasteiger partial charge on any atom is -0.378 e. The van der Waals surface area contributed by atoms with E-state index in [1.165, 1.54) is 11.5 Å². The first-order valence-electron chi connectivity index (χ1n) is 11.0. The molecule has 4 aromatic heterocycles. The van der Waals surface area contributed by atoms with E-state index >= 15 is 0 Å². The fourth-order valence-electron chi connectivity index (χ4n) is 3.55. The molecule has 4 N–H and O–H groups in total. The van der Waals surface area contributed by atoms with Crippen LogP contribution in [0.3, 0.4) is 0 Å². The smallest absolute Gasteiger partial charge is 0.277 e. The lowest BCUT2D eigenvalue weighted by atomic mass is 10.2. The van der Waals surface area contributed by atoms with Crippen LogP contribution >= 0.6 is 11.3 Å². The van der Waals surface area contributed by atoms with Gasteiger partial charge in [-0.15, -0.1) is 11.3 Å². The molecule has 5 rings (SSSR count). The Labute approximate surface area is 214 Å². The molecule has 0 bridgehead atoms. The number of rotatable bonds is 7. The number of anilines is 3. The summed E-state index contributed by atoms with van der Waals surface area (Å²) in [6.45, 7) is 2.25. The molecule has 0 atom stereocenters. The highest BCUT2D eigenvalue weighted by Gasteiger charge is 2.25. The zero-order chi connectivity index (χ0) is 26.0. The van der Waals surface area contributed by atoms with E-state index in [2.05, 4.69) is 30.0 Å². The van der Waals surface area contributed by atoms with Crippen LogP contribution in [0.2, 0.25) is 0 Å². The number of carbonyl (C=O) groups excluding carboxylic acids is 1. The third-order valence-corrected chi connectivity index (χ3v) is 8.35. The van der Waals surface area contributed by atoms with Crippen molar-refractivity contribution in [2.75, 3.05) is 48.3 Å². The Morgan fingerprint density at radius 3 is 2.51 bits per heavy atom.